The molecular weight excluding hydrogens is 216 g/mol. The van der Waals surface area contributed by atoms with Crippen LogP contribution in [0.25, 0.3) is 0 Å². The number of carbonyl (C=O) groups excluding carboxylic acids is 1. The third kappa shape index (κ3) is 4.44. The van der Waals surface area contributed by atoms with Crippen LogP contribution in [-0.4, -0.2) is 25.6 Å². The minimum atomic E-state index is -0.0375. The van der Waals surface area contributed by atoms with Gasteiger partial charge in [0.1, 0.15) is 5.75 Å². The Kier molecular flexibility index (Phi) is 4.97. The fourth-order valence-corrected chi connectivity index (χ4v) is 1.51. The monoisotopic (exact) mass is 236 g/mol. The Morgan fingerprint density at radius 3 is 2.82 bits per heavy atom. The van der Waals surface area contributed by atoms with Gasteiger partial charge in [0, 0.05) is 18.2 Å². The number of hydrogen-bond donors (Lipinski definition) is 2. The molecule has 4 heteroatoms. The minimum absolute atomic E-state index is 0.0288. The van der Waals surface area contributed by atoms with Crippen LogP contribution in [0.4, 0.5) is 0 Å². The van der Waals surface area contributed by atoms with Gasteiger partial charge in [-0.05, 0) is 25.5 Å². The Hall–Kier alpha value is -1.55. The summed E-state index contributed by atoms with van der Waals surface area (Å²) in [4.78, 5) is 11.6. The lowest BCUT2D eigenvalue weighted by atomic mass is 10.1. The predicted octanol–water partition coefficient (Wildman–Crippen LogP) is 1.01. The number of hydrogen-bond acceptors (Lipinski definition) is 3. The highest BCUT2D eigenvalue weighted by molar-refractivity contribution is 5.79. The van der Waals surface area contributed by atoms with E-state index >= 15 is 0 Å². The third-order valence-electron chi connectivity index (χ3n) is 2.41. The zero-order chi connectivity index (χ0) is 12.8. The molecule has 0 saturated carbocycles. The van der Waals surface area contributed by atoms with E-state index in [2.05, 4.69) is 5.32 Å². The number of rotatable bonds is 5. The van der Waals surface area contributed by atoms with E-state index in [1.807, 2.05) is 32.0 Å². The zero-order valence-electron chi connectivity index (χ0n) is 10.6. The van der Waals surface area contributed by atoms with E-state index in [4.69, 9.17) is 10.5 Å². The Morgan fingerprint density at radius 2 is 2.24 bits per heavy atom. The second-order valence-electron chi connectivity index (χ2n) is 4.27. The van der Waals surface area contributed by atoms with Gasteiger partial charge in [-0.1, -0.05) is 12.1 Å². The molecule has 0 saturated heterocycles. The molecule has 0 heterocycles. The Morgan fingerprint density at radius 1 is 1.53 bits per heavy atom. The number of ether oxygens (including phenoxy) is 1. The van der Waals surface area contributed by atoms with E-state index in [0.29, 0.717) is 13.0 Å². The van der Waals surface area contributed by atoms with Crippen molar-refractivity contribution in [1.82, 2.24) is 5.32 Å². The van der Waals surface area contributed by atoms with E-state index in [-0.39, 0.29) is 11.9 Å². The van der Waals surface area contributed by atoms with Gasteiger partial charge in [0.05, 0.1) is 13.5 Å². The van der Waals surface area contributed by atoms with Crippen molar-refractivity contribution in [2.75, 3.05) is 13.7 Å². The second-order valence-corrected chi connectivity index (χ2v) is 4.27. The molecule has 1 unspecified atom stereocenters. The molecule has 0 bridgehead atoms. The summed E-state index contributed by atoms with van der Waals surface area (Å²) in [5, 5.41) is 2.78. The van der Waals surface area contributed by atoms with Crippen molar-refractivity contribution < 1.29 is 9.53 Å². The van der Waals surface area contributed by atoms with Crippen LogP contribution in [0, 0.1) is 6.92 Å². The molecule has 0 spiro atoms. The molecule has 94 valence electrons. The molecular formula is C13H20N2O2. The summed E-state index contributed by atoms with van der Waals surface area (Å²) in [6, 6.07) is 5.78. The largest absolute Gasteiger partial charge is 0.496 e. The molecule has 3 N–H and O–H groups in total. The summed E-state index contributed by atoms with van der Waals surface area (Å²) < 4.78 is 5.25. The summed E-state index contributed by atoms with van der Waals surface area (Å²) in [7, 11) is 1.61. The van der Waals surface area contributed by atoms with Crippen molar-refractivity contribution in [3.05, 3.63) is 29.3 Å². The number of nitrogens with two attached hydrogens (primary N) is 1. The molecule has 0 radical (unpaired) electrons. The zero-order valence-corrected chi connectivity index (χ0v) is 10.6. The van der Waals surface area contributed by atoms with E-state index < -0.39 is 0 Å². The van der Waals surface area contributed by atoms with Crippen molar-refractivity contribution in [3.63, 3.8) is 0 Å². The van der Waals surface area contributed by atoms with Gasteiger partial charge < -0.3 is 15.8 Å². The quantitative estimate of drug-likeness (QED) is 0.802. The molecule has 4 nitrogen and oxygen atoms in total. The molecule has 1 aromatic carbocycles. The van der Waals surface area contributed by atoms with Gasteiger partial charge in [0.15, 0.2) is 0 Å². The molecule has 0 aliphatic heterocycles. The van der Waals surface area contributed by atoms with Crippen molar-refractivity contribution >= 4 is 5.91 Å². The smallest absolute Gasteiger partial charge is 0.224 e. The average Bonchev–Trinajstić information content (AvgIpc) is 2.28. The van der Waals surface area contributed by atoms with Gasteiger partial charge in [0.2, 0.25) is 5.91 Å². The maximum absolute atomic E-state index is 11.6. The number of nitrogens with one attached hydrogen (secondary N) is 1. The molecule has 1 aromatic rings. The maximum atomic E-state index is 11.6. The van der Waals surface area contributed by atoms with Gasteiger partial charge in [-0.3, -0.25) is 4.79 Å². The van der Waals surface area contributed by atoms with Gasteiger partial charge in [-0.15, -0.1) is 0 Å². The molecule has 1 amide bonds. The first-order chi connectivity index (χ1) is 8.02. The van der Waals surface area contributed by atoms with Crippen LogP contribution < -0.4 is 15.8 Å². The lowest BCUT2D eigenvalue weighted by Gasteiger charge is -2.11. The van der Waals surface area contributed by atoms with Crippen LogP contribution in [0.15, 0.2) is 18.2 Å². The average molecular weight is 236 g/mol. The first kappa shape index (κ1) is 13.5. The predicted molar refractivity (Wildman–Crippen MR) is 68.1 cm³/mol. The van der Waals surface area contributed by atoms with Gasteiger partial charge >= 0.3 is 0 Å². The molecule has 0 aromatic heterocycles. The summed E-state index contributed by atoms with van der Waals surface area (Å²) in [5.74, 6) is 0.713. The molecule has 0 fully saturated rings. The second kappa shape index (κ2) is 6.25. The highest BCUT2D eigenvalue weighted by atomic mass is 16.5. The highest BCUT2D eigenvalue weighted by Crippen LogP contribution is 2.20. The summed E-state index contributed by atoms with van der Waals surface area (Å²) in [5.41, 5.74) is 7.57. The van der Waals surface area contributed by atoms with E-state index in [1.165, 1.54) is 0 Å². The van der Waals surface area contributed by atoms with E-state index in [0.717, 1.165) is 16.9 Å². The van der Waals surface area contributed by atoms with Gasteiger partial charge in [0.25, 0.3) is 0 Å². The highest BCUT2D eigenvalue weighted by Gasteiger charge is 2.09. The van der Waals surface area contributed by atoms with Crippen molar-refractivity contribution in [2.45, 2.75) is 26.3 Å². The first-order valence-electron chi connectivity index (χ1n) is 5.68. The molecule has 0 aliphatic rings. The van der Waals surface area contributed by atoms with Crippen LogP contribution in [-0.2, 0) is 11.2 Å². The number of benzene rings is 1. The fraction of sp³-hybridized carbons (Fsp3) is 0.462. The summed E-state index contributed by atoms with van der Waals surface area (Å²) in [6.45, 7) is 4.34. The molecule has 0 aliphatic carbocycles. The molecule has 17 heavy (non-hydrogen) atoms. The van der Waals surface area contributed by atoms with E-state index in [9.17, 15) is 4.79 Å². The SMILES string of the molecule is COc1cc(C)ccc1CC(=O)NCC(C)N. The van der Waals surface area contributed by atoms with Crippen LogP contribution in [0.5, 0.6) is 5.75 Å². The summed E-state index contributed by atoms with van der Waals surface area (Å²) in [6.07, 6.45) is 0.316. The number of methoxy groups -OCH3 is 1. The van der Waals surface area contributed by atoms with Crippen molar-refractivity contribution in [2.24, 2.45) is 5.73 Å². The van der Waals surface area contributed by atoms with Crippen LogP contribution in [0.2, 0.25) is 0 Å². The van der Waals surface area contributed by atoms with E-state index in [1.54, 1.807) is 7.11 Å². The molecule has 1 rings (SSSR count). The molecule has 1 atom stereocenters. The standard InChI is InChI=1S/C13H20N2O2/c1-9-4-5-11(12(6-9)17-3)7-13(16)15-8-10(2)14/h4-6,10H,7-8,14H2,1-3H3,(H,15,16). The Balaban J connectivity index is 2.64. The van der Waals surface area contributed by atoms with Gasteiger partial charge in [-0.25, -0.2) is 0 Å². The fourth-order valence-electron chi connectivity index (χ4n) is 1.51. The normalized spacial score (nSPS) is 12.0. The lowest BCUT2D eigenvalue weighted by molar-refractivity contribution is -0.120. The van der Waals surface area contributed by atoms with Crippen LogP contribution in [0.1, 0.15) is 18.1 Å². The number of aryl methyl sites for hydroxylation is 1. The van der Waals surface area contributed by atoms with Crippen molar-refractivity contribution in [1.29, 1.82) is 0 Å². The third-order valence-corrected chi connectivity index (χ3v) is 2.41. The maximum Gasteiger partial charge on any atom is 0.224 e. The van der Waals surface area contributed by atoms with Crippen LogP contribution >= 0.6 is 0 Å². The Bertz CT molecular complexity index is 389. The first-order valence-corrected chi connectivity index (χ1v) is 5.68. The topological polar surface area (TPSA) is 64.3 Å². The van der Waals surface area contributed by atoms with Gasteiger partial charge in [-0.2, -0.15) is 0 Å². The number of carbonyl (C=O) groups is 1. The minimum Gasteiger partial charge on any atom is -0.496 e. The summed E-state index contributed by atoms with van der Waals surface area (Å²) >= 11 is 0. The van der Waals surface area contributed by atoms with Crippen molar-refractivity contribution in [3.8, 4) is 5.75 Å². The lowest BCUT2D eigenvalue weighted by Crippen LogP contribution is -2.35. The Labute approximate surface area is 102 Å². The number of amides is 1. The van der Waals surface area contributed by atoms with Crippen LogP contribution in [0.3, 0.4) is 0 Å².